The third kappa shape index (κ3) is 5.47. The molecule has 0 spiro atoms. The molecule has 154 valence electrons. The fraction of sp³-hybridized carbons (Fsp3) is 0.167. The highest BCUT2D eigenvalue weighted by molar-refractivity contribution is 6.31. The Balaban J connectivity index is 1.97. The first-order chi connectivity index (χ1) is 14.5. The van der Waals surface area contributed by atoms with Gasteiger partial charge in [0, 0.05) is 16.3 Å². The minimum Gasteiger partial charge on any atom is -0.468 e. The minimum absolute atomic E-state index is 0.0334. The molecule has 0 bridgehead atoms. The summed E-state index contributed by atoms with van der Waals surface area (Å²) in [6.45, 7) is 2.01. The average Bonchev–Trinajstić information content (AvgIpc) is 2.76. The Kier molecular flexibility index (Phi) is 7.22. The van der Waals surface area contributed by atoms with Crippen LogP contribution in [0.25, 0.3) is 0 Å². The number of amides is 1. The molecule has 0 fully saturated rings. The van der Waals surface area contributed by atoms with Crippen LogP contribution in [0.4, 0.5) is 5.69 Å². The Bertz CT molecular complexity index is 1040. The maximum absolute atomic E-state index is 12.8. The van der Waals surface area contributed by atoms with Crippen LogP contribution in [0.2, 0.25) is 5.02 Å². The van der Waals surface area contributed by atoms with Crippen molar-refractivity contribution >= 4 is 29.2 Å². The molecule has 0 aliphatic carbocycles. The van der Waals surface area contributed by atoms with Gasteiger partial charge in [-0.15, -0.1) is 0 Å². The molecule has 1 atom stereocenters. The topological polar surface area (TPSA) is 67.4 Å². The first kappa shape index (κ1) is 21.6. The number of methoxy groups -OCH3 is 1. The van der Waals surface area contributed by atoms with Crippen LogP contribution in [0.15, 0.2) is 72.8 Å². The summed E-state index contributed by atoms with van der Waals surface area (Å²) in [7, 11) is 1.35. The maximum Gasteiger partial charge on any atom is 0.319 e. The number of hydrogen-bond donors (Lipinski definition) is 2. The first-order valence-electron chi connectivity index (χ1n) is 9.50. The van der Waals surface area contributed by atoms with E-state index in [0.717, 1.165) is 16.7 Å². The summed E-state index contributed by atoms with van der Waals surface area (Å²) in [6.07, 6.45) is 0. The molecular weight excluding hydrogens is 400 g/mol. The van der Waals surface area contributed by atoms with Gasteiger partial charge in [0.2, 0.25) is 0 Å². The Morgan fingerprint density at radius 1 is 1.00 bits per heavy atom. The van der Waals surface area contributed by atoms with Crippen molar-refractivity contribution in [2.75, 3.05) is 19.0 Å². The van der Waals surface area contributed by atoms with Gasteiger partial charge >= 0.3 is 5.97 Å². The van der Waals surface area contributed by atoms with E-state index in [1.165, 1.54) is 7.11 Å². The van der Waals surface area contributed by atoms with Crippen LogP contribution in [0.3, 0.4) is 0 Å². The molecule has 3 aromatic rings. The van der Waals surface area contributed by atoms with Crippen molar-refractivity contribution < 1.29 is 14.3 Å². The Morgan fingerprint density at radius 3 is 2.47 bits per heavy atom. The van der Waals surface area contributed by atoms with Gasteiger partial charge in [0.15, 0.2) is 0 Å². The van der Waals surface area contributed by atoms with Gasteiger partial charge in [0.05, 0.1) is 19.7 Å². The predicted octanol–water partition coefficient (Wildman–Crippen LogP) is 4.75. The van der Waals surface area contributed by atoms with E-state index in [9.17, 15) is 9.59 Å². The lowest BCUT2D eigenvalue weighted by Gasteiger charge is -2.23. The summed E-state index contributed by atoms with van der Waals surface area (Å²) in [5.74, 6) is -0.629. The summed E-state index contributed by atoms with van der Waals surface area (Å²) in [5.41, 5.74) is 3.96. The van der Waals surface area contributed by atoms with Crippen molar-refractivity contribution in [2.24, 2.45) is 0 Å². The molecular formula is C24H23ClN2O3. The highest BCUT2D eigenvalue weighted by atomic mass is 35.5. The summed E-state index contributed by atoms with van der Waals surface area (Å²) >= 11 is 6.03. The lowest BCUT2D eigenvalue weighted by molar-refractivity contribution is -0.139. The Morgan fingerprint density at radius 2 is 1.77 bits per heavy atom. The molecule has 0 saturated heterocycles. The minimum atomic E-state index is -0.368. The van der Waals surface area contributed by atoms with Gasteiger partial charge in [-0.2, -0.15) is 0 Å². The Labute approximate surface area is 181 Å². The summed E-state index contributed by atoms with van der Waals surface area (Å²) in [5, 5.41) is 6.72. The molecule has 0 aliphatic rings. The zero-order valence-corrected chi connectivity index (χ0v) is 17.6. The van der Waals surface area contributed by atoms with Crippen LogP contribution in [-0.4, -0.2) is 25.5 Å². The second kappa shape index (κ2) is 10.1. The van der Waals surface area contributed by atoms with Gasteiger partial charge in [-0.25, -0.2) is 0 Å². The highest BCUT2D eigenvalue weighted by Crippen LogP contribution is 2.30. The smallest absolute Gasteiger partial charge is 0.319 e. The number of hydrogen-bond acceptors (Lipinski definition) is 4. The number of carbonyl (C=O) groups excluding carboxylic acids is 2. The van der Waals surface area contributed by atoms with E-state index in [1.54, 1.807) is 24.3 Å². The number of aryl methyl sites for hydroxylation is 1. The molecule has 0 radical (unpaired) electrons. The van der Waals surface area contributed by atoms with E-state index >= 15 is 0 Å². The van der Waals surface area contributed by atoms with Crippen molar-refractivity contribution in [1.29, 1.82) is 0 Å². The van der Waals surface area contributed by atoms with Crippen molar-refractivity contribution in [1.82, 2.24) is 5.32 Å². The number of benzene rings is 3. The number of nitrogens with one attached hydrogen (secondary N) is 2. The van der Waals surface area contributed by atoms with Gasteiger partial charge in [-0.05, 0) is 42.3 Å². The van der Waals surface area contributed by atoms with Gasteiger partial charge in [-0.1, -0.05) is 65.7 Å². The molecule has 3 aromatic carbocycles. The molecule has 5 nitrogen and oxygen atoms in total. The third-order valence-electron chi connectivity index (χ3n) is 4.66. The van der Waals surface area contributed by atoms with E-state index in [1.807, 2.05) is 55.5 Å². The van der Waals surface area contributed by atoms with E-state index in [-0.39, 0.29) is 24.5 Å². The molecule has 2 N–H and O–H groups in total. The zero-order chi connectivity index (χ0) is 21.5. The third-order valence-corrected chi connectivity index (χ3v) is 4.90. The molecule has 0 heterocycles. The van der Waals surface area contributed by atoms with E-state index in [2.05, 4.69) is 10.6 Å². The molecule has 3 rings (SSSR count). The van der Waals surface area contributed by atoms with Crippen LogP contribution in [-0.2, 0) is 9.53 Å². The lowest BCUT2D eigenvalue weighted by atomic mass is 9.95. The van der Waals surface area contributed by atoms with Gasteiger partial charge in [-0.3, -0.25) is 14.9 Å². The quantitative estimate of drug-likeness (QED) is 0.539. The summed E-state index contributed by atoms with van der Waals surface area (Å²) < 4.78 is 4.78. The molecule has 6 heteroatoms. The van der Waals surface area contributed by atoms with Crippen molar-refractivity contribution in [2.45, 2.75) is 13.0 Å². The monoisotopic (exact) mass is 422 g/mol. The molecule has 0 aromatic heterocycles. The SMILES string of the molecule is COC(=O)CN[C@@H](c1ccccc1)c1cc(C)ccc1NC(=O)c1cccc(Cl)c1. The predicted molar refractivity (Wildman–Crippen MR) is 119 cm³/mol. The van der Waals surface area contributed by atoms with Crippen LogP contribution < -0.4 is 10.6 Å². The number of anilines is 1. The number of ether oxygens (including phenoxy) is 1. The van der Waals surface area contributed by atoms with Gasteiger partial charge in [0.25, 0.3) is 5.91 Å². The number of rotatable bonds is 7. The van der Waals surface area contributed by atoms with Crippen LogP contribution in [0.5, 0.6) is 0 Å². The van der Waals surface area contributed by atoms with Crippen molar-refractivity contribution in [3.63, 3.8) is 0 Å². The fourth-order valence-corrected chi connectivity index (χ4v) is 3.36. The maximum atomic E-state index is 12.8. The highest BCUT2D eigenvalue weighted by Gasteiger charge is 2.20. The van der Waals surface area contributed by atoms with Gasteiger partial charge in [0.1, 0.15) is 0 Å². The average molecular weight is 423 g/mol. The zero-order valence-electron chi connectivity index (χ0n) is 16.8. The summed E-state index contributed by atoms with van der Waals surface area (Å²) in [6, 6.07) is 22.0. The van der Waals surface area contributed by atoms with Crippen LogP contribution in [0.1, 0.15) is 33.1 Å². The Hall–Kier alpha value is -3.15. The second-order valence-electron chi connectivity index (χ2n) is 6.86. The van der Waals surface area contributed by atoms with E-state index in [4.69, 9.17) is 16.3 Å². The lowest BCUT2D eigenvalue weighted by Crippen LogP contribution is -2.30. The number of esters is 1. The first-order valence-corrected chi connectivity index (χ1v) is 9.88. The molecule has 0 unspecified atom stereocenters. The molecule has 30 heavy (non-hydrogen) atoms. The number of halogens is 1. The van der Waals surface area contributed by atoms with Crippen LogP contribution >= 0.6 is 11.6 Å². The normalized spacial score (nSPS) is 11.6. The van der Waals surface area contributed by atoms with Crippen molar-refractivity contribution in [3.8, 4) is 0 Å². The second-order valence-corrected chi connectivity index (χ2v) is 7.29. The fourth-order valence-electron chi connectivity index (χ4n) is 3.17. The standard InChI is InChI=1S/C24H23ClN2O3/c1-16-11-12-21(27-24(29)18-9-6-10-19(25)14-18)20(13-16)23(26-15-22(28)30-2)17-7-4-3-5-8-17/h3-14,23,26H,15H2,1-2H3,(H,27,29)/t23-/m0/s1. The van der Waals surface area contributed by atoms with E-state index in [0.29, 0.717) is 16.3 Å². The molecule has 1 amide bonds. The van der Waals surface area contributed by atoms with Crippen LogP contribution in [0, 0.1) is 6.92 Å². The van der Waals surface area contributed by atoms with Crippen molar-refractivity contribution in [3.05, 3.63) is 100 Å². The van der Waals surface area contributed by atoms with E-state index < -0.39 is 0 Å². The molecule has 0 aliphatic heterocycles. The van der Waals surface area contributed by atoms with Gasteiger partial charge < -0.3 is 10.1 Å². The molecule has 0 saturated carbocycles. The largest absolute Gasteiger partial charge is 0.468 e. The number of carbonyl (C=O) groups is 2. The summed E-state index contributed by atoms with van der Waals surface area (Å²) in [4.78, 5) is 24.6.